The molecule has 14 heavy (non-hydrogen) atoms. The van der Waals surface area contributed by atoms with Gasteiger partial charge in [-0.25, -0.2) is 0 Å². The van der Waals surface area contributed by atoms with E-state index >= 15 is 0 Å². The third-order valence-electron chi connectivity index (χ3n) is 1.45. The first-order valence-electron chi connectivity index (χ1n) is 3.86. The Labute approximate surface area is 82.9 Å². The molecule has 0 spiro atoms. The zero-order valence-electron chi connectivity index (χ0n) is 7.60. The summed E-state index contributed by atoms with van der Waals surface area (Å²) in [5.74, 6) is 0.259. The van der Waals surface area contributed by atoms with Crippen LogP contribution in [0.3, 0.4) is 0 Å². The van der Waals surface area contributed by atoms with Crippen molar-refractivity contribution < 1.29 is 12.6 Å². The van der Waals surface area contributed by atoms with Crippen molar-refractivity contribution in [3.63, 3.8) is 0 Å². The Kier molecular flexibility index (Phi) is 3.10. The zero-order valence-corrected chi connectivity index (χ0v) is 8.41. The SMILES string of the molecule is CS(=O)(=O)Oc1ccc(CC#N)cc1. The van der Waals surface area contributed by atoms with Gasteiger partial charge in [0.1, 0.15) is 5.75 Å². The van der Waals surface area contributed by atoms with E-state index in [2.05, 4.69) is 4.18 Å². The highest BCUT2D eigenvalue weighted by Gasteiger charge is 2.03. The van der Waals surface area contributed by atoms with Gasteiger partial charge in [-0.05, 0) is 17.7 Å². The summed E-state index contributed by atoms with van der Waals surface area (Å²) in [7, 11) is -3.47. The Bertz CT molecular complexity index is 442. The fourth-order valence-corrected chi connectivity index (χ4v) is 1.39. The maximum atomic E-state index is 10.7. The van der Waals surface area contributed by atoms with E-state index in [0.29, 0.717) is 6.42 Å². The van der Waals surface area contributed by atoms with Gasteiger partial charge in [0.15, 0.2) is 0 Å². The van der Waals surface area contributed by atoms with Gasteiger partial charge in [0.05, 0.1) is 18.7 Å². The molecule has 0 aliphatic rings. The lowest BCUT2D eigenvalue weighted by Gasteiger charge is -2.02. The standard InChI is InChI=1S/C9H9NO3S/c1-14(11,12)13-9-4-2-8(3-5-9)6-7-10/h2-5H,6H2,1H3. The van der Waals surface area contributed by atoms with E-state index in [1.807, 2.05) is 6.07 Å². The van der Waals surface area contributed by atoms with Gasteiger partial charge >= 0.3 is 10.1 Å². The monoisotopic (exact) mass is 211 g/mol. The van der Waals surface area contributed by atoms with E-state index in [4.69, 9.17) is 5.26 Å². The van der Waals surface area contributed by atoms with Crippen LogP contribution in [0.2, 0.25) is 0 Å². The molecule has 0 N–H and O–H groups in total. The van der Waals surface area contributed by atoms with Crippen molar-refractivity contribution in [1.29, 1.82) is 5.26 Å². The number of rotatable bonds is 3. The van der Waals surface area contributed by atoms with Crippen LogP contribution in [0.1, 0.15) is 5.56 Å². The van der Waals surface area contributed by atoms with Gasteiger partial charge in [-0.2, -0.15) is 13.7 Å². The molecule has 0 saturated carbocycles. The maximum Gasteiger partial charge on any atom is 0.306 e. The summed E-state index contributed by atoms with van der Waals surface area (Å²) in [4.78, 5) is 0. The average molecular weight is 211 g/mol. The van der Waals surface area contributed by atoms with Crippen LogP contribution in [0.4, 0.5) is 0 Å². The molecule has 0 radical (unpaired) electrons. The molecule has 74 valence electrons. The largest absolute Gasteiger partial charge is 0.383 e. The molecule has 5 heteroatoms. The normalized spacial score (nSPS) is 10.6. The predicted molar refractivity (Wildman–Crippen MR) is 51.2 cm³/mol. The first-order valence-corrected chi connectivity index (χ1v) is 5.68. The summed E-state index contributed by atoms with van der Waals surface area (Å²) in [6, 6.07) is 8.35. The van der Waals surface area contributed by atoms with Crippen molar-refractivity contribution >= 4 is 10.1 Å². The van der Waals surface area contributed by atoms with Gasteiger partial charge in [0.25, 0.3) is 0 Å². The van der Waals surface area contributed by atoms with Crippen LogP contribution in [-0.2, 0) is 16.5 Å². The van der Waals surface area contributed by atoms with Crippen molar-refractivity contribution in [3.05, 3.63) is 29.8 Å². The lowest BCUT2D eigenvalue weighted by Crippen LogP contribution is -2.05. The molecule has 1 aromatic carbocycles. The Balaban J connectivity index is 2.80. The predicted octanol–water partition coefficient (Wildman–Crippen LogP) is 1.09. The minimum Gasteiger partial charge on any atom is -0.383 e. The number of hydrogen-bond donors (Lipinski definition) is 0. The number of hydrogen-bond acceptors (Lipinski definition) is 4. The maximum absolute atomic E-state index is 10.7. The quantitative estimate of drug-likeness (QED) is 0.702. The third-order valence-corrected chi connectivity index (χ3v) is 1.95. The molecule has 1 rings (SSSR count). The Hall–Kier alpha value is -1.54. The smallest absolute Gasteiger partial charge is 0.306 e. The third kappa shape index (κ3) is 3.46. The number of nitrogens with zero attached hydrogens (tertiary/aromatic N) is 1. The first-order chi connectivity index (χ1) is 6.51. The van der Waals surface area contributed by atoms with Crippen molar-refractivity contribution in [3.8, 4) is 11.8 Å². The second kappa shape index (κ2) is 4.11. The van der Waals surface area contributed by atoms with Crippen LogP contribution >= 0.6 is 0 Å². The van der Waals surface area contributed by atoms with Gasteiger partial charge in [-0.1, -0.05) is 12.1 Å². The average Bonchev–Trinajstić information content (AvgIpc) is 2.06. The molecule has 0 atom stereocenters. The van der Waals surface area contributed by atoms with Crippen LogP contribution in [0.5, 0.6) is 5.75 Å². The molecule has 0 aromatic heterocycles. The Morgan fingerprint density at radius 1 is 1.36 bits per heavy atom. The van der Waals surface area contributed by atoms with E-state index in [-0.39, 0.29) is 5.75 Å². The minimum atomic E-state index is -3.47. The summed E-state index contributed by atoms with van der Waals surface area (Å²) in [6.45, 7) is 0. The molecule has 0 amide bonds. The second-order valence-electron chi connectivity index (χ2n) is 2.77. The fourth-order valence-electron chi connectivity index (χ4n) is 0.929. The van der Waals surface area contributed by atoms with Crippen molar-refractivity contribution in [2.45, 2.75) is 6.42 Å². The minimum absolute atomic E-state index is 0.259. The van der Waals surface area contributed by atoms with Gasteiger partial charge in [0, 0.05) is 0 Å². The molecular formula is C9H9NO3S. The lowest BCUT2D eigenvalue weighted by atomic mass is 10.2. The van der Waals surface area contributed by atoms with E-state index in [1.54, 1.807) is 12.1 Å². The van der Waals surface area contributed by atoms with Gasteiger partial charge in [-0.15, -0.1) is 0 Å². The van der Waals surface area contributed by atoms with E-state index in [9.17, 15) is 8.42 Å². The summed E-state index contributed by atoms with van der Waals surface area (Å²) in [6.07, 6.45) is 1.29. The van der Waals surface area contributed by atoms with Crippen molar-refractivity contribution in [1.82, 2.24) is 0 Å². The number of benzene rings is 1. The topological polar surface area (TPSA) is 67.2 Å². The molecule has 0 saturated heterocycles. The Morgan fingerprint density at radius 2 is 1.93 bits per heavy atom. The molecule has 0 aliphatic heterocycles. The van der Waals surface area contributed by atoms with Crippen LogP contribution in [0.25, 0.3) is 0 Å². The second-order valence-corrected chi connectivity index (χ2v) is 4.34. The molecule has 0 bridgehead atoms. The van der Waals surface area contributed by atoms with Crippen molar-refractivity contribution in [2.24, 2.45) is 0 Å². The van der Waals surface area contributed by atoms with E-state index in [1.165, 1.54) is 12.1 Å². The summed E-state index contributed by atoms with van der Waals surface area (Å²) in [5, 5.41) is 8.40. The molecule has 4 nitrogen and oxygen atoms in total. The van der Waals surface area contributed by atoms with E-state index < -0.39 is 10.1 Å². The molecule has 0 unspecified atom stereocenters. The molecular weight excluding hydrogens is 202 g/mol. The summed E-state index contributed by atoms with van der Waals surface area (Å²) >= 11 is 0. The van der Waals surface area contributed by atoms with Gasteiger partial charge in [0.2, 0.25) is 0 Å². The number of nitriles is 1. The van der Waals surface area contributed by atoms with Crippen LogP contribution in [-0.4, -0.2) is 14.7 Å². The zero-order chi connectivity index (χ0) is 10.6. The highest BCUT2D eigenvalue weighted by Crippen LogP contribution is 2.13. The highest BCUT2D eigenvalue weighted by atomic mass is 32.2. The highest BCUT2D eigenvalue weighted by molar-refractivity contribution is 7.86. The molecule has 0 aliphatic carbocycles. The Morgan fingerprint density at radius 3 is 2.36 bits per heavy atom. The summed E-state index contributed by atoms with van der Waals surface area (Å²) in [5.41, 5.74) is 0.827. The van der Waals surface area contributed by atoms with Crippen LogP contribution < -0.4 is 4.18 Å². The van der Waals surface area contributed by atoms with E-state index in [0.717, 1.165) is 11.8 Å². The van der Waals surface area contributed by atoms with Crippen LogP contribution in [0, 0.1) is 11.3 Å². The fraction of sp³-hybridized carbons (Fsp3) is 0.222. The summed E-state index contributed by atoms with van der Waals surface area (Å²) < 4.78 is 26.1. The molecule has 0 heterocycles. The van der Waals surface area contributed by atoms with Gasteiger partial charge < -0.3 is 4.18 Å². The van der Waals surface area contributed by atoms with Crippen molar-refractivity contribution in [2.75, 3.05) is 6.26 Å². The van der Waals surface area contributed by atoms with Crippen LogP contribution in [0.15, 0.2) is 24.3 Å². The molecule has 0 fully saturated rings. The molecule has 1 aromatic rings. The van der Waals surface area contributed by atoms with Gasteiger partial charge in [-0.3, -0.25) is 0 Å². The first kappa shape index (κ1) is 10.5. The lowest BCUT2D eigenvalue weighted by molar-refractivity contribution is 0.493.